The first-order valence-electron chi connectivity index (χ1n) is 14.0. The number of amides is 2. The Hall–Kier alpha value is -3.56. The minimum atomic E-state index is -4.16. The lowest BCUT2D eigenvalue weighted by molar-refractivity contribution is 0.0740. The fourth-order valence-electron chi connectivity index (χ4n) is 4.38. The molecule has 0 fully saturated rings. The molecule has 0 radical (unpaired) electrons. The third-order valence-corrected chi connectivity index (χ3v) is 9.23. The lowest BCUT2D eigenvalue weighted by Gasteiger charge is -2.23. The van der Waals surface area contributed by atoms with Gasteiger partial charge >= 0.3 is 10.2 Å². The predicted molar refractivity (Wildman–Crippen MR) is 168 cm³/mol. The highest BCUT2D eigenvalue weighted by molar-refractivity contribution is 7.87. The Morgan fingerprint density at radius 2 is 1.68 bits per heavy atom. The maximum absolute atomic E-state index is 13.9. The molecule has 1 aromatic heterocycles. The van der Waals surface area contributed by atoms with Gasteiger partial charge in [0.1, 0.15) is 22.2 Å². The summed E-state index contributed by atoms with van der Waals surface area (Å²) in [6.07, 6.45) is 1.44. The van der Waals surface area contributed by atoms with Crippen LogP contribution in [0.3, 0.4) is 0 Å². The van der Waals surface area contributed by atoms with Crippen molar-refractivity contribution in [2.75, 3.05) is 54.2 Å². The Kier molecular flexibility index (Phi) is 13.1. The molecule has 0 atom stereocenters. The van der Waals surface area contributed by atoms with E-state index in [2.05, 4.69) is 4.98 Å². The molecule has 0 aliphatic heterocycles. The van der Waals surface area contributed by atoms with Gasteiger partial charge in [0.05, 0.1) is 40.6 Å². The van der Waals surface area contributed by atoms with Gasteiger partial charge in [-0.1, -0.05) is 30.3 Å². The van der Waals surface area contributed by atoms with Crippen molar-refractivity contribution < 1.29 is 37.3 Å². The lowest BCUT2D eigenvalue weighted by Crippen LogP contribution is -2.43. The van der Waals surface area contributed by atoms with Crippen LogP contribution in [0.15, 0.2) is 42.5 Å². The van der Waals surface area contributed by atoms with Crippen LogP contribution in [0, 0.1) is 13.8 Å². The molecule has 240 valence electrons. The van der Waals surface area contributed by atoms with Crippen LogP contribution in [-0.2, 0) is 27.9 Å². The summed E-state index contributed by atoms with van der Waals surface area (Å²) in [6.45, 7) is 3.98. The number of thiazole rings is 1. The van der Waals surface area contributed by atoms with Crippen LogP contribution in [0.1, 0.15) is 48.3 Å². The van der Waals surface area contributed by atoms with Gasteiger partial charge in [0.15, 0.2) is 0 Å². The number of carbonyl (C=O) groups excluding carboxylic acids is 2. The van der Waals surface area contributed by atoms with Gasteiger partial charge in [-0.25, -0.2) is 9.71 Å². The number of nitrogens with zero attached hydrogens (tertiary/aromatic N) is 3. The first-order valence-corrected chi connectivity index (χ1v) is 16.3. The summed E-state index contributed by atoms with van der Waals surface area (Å²) < 4.78 is 44.4. The summed E-state index contributed by atoms with van der Waals surface area (Å²) in [4.78, 5) is 33.4. The topological polar surface area (TPSA) is 148 Å². The maximum atomic E-state index is 13.9. The molecule has 1 heterocycles. The molecule has 0 saturated carbocycles. The third-order valence-electron chi connectivity index (χ3n) is 6.82. The lowest BCUT2D eigenvalue weighted by atomic mass is 10.1. The molecule has 0 bridgehead atoms. The number of rotatable bonds is 17. The molecule has 44 heavy (non-hydrogen) atoms. The molecule has 0 aliphatic carbocycles. The van der Waals surface area contributed by atoms with Crippen molar-refractivity contribution in [3.8, 4) is 11.5 Å². The summed E-state index contributed by atoms with van der Waals surface area (Å²) in [7, 11) is 0.207. The second-order valence-electron chi connectivity index (χ2n) is 9.93. The smallest absolute Gasteiger partial charge is 0.303 e. The van der Waals surface area contributed by atoms with Gasteiger partial charge in [-0.2, -0.15) is 12.7 Å². The minimum Gasteiger partial charge on any atom is -0.496 e. The average molecular weight is 649 g/mol. The number of methoxy groups -OCH3 is 2. The zero-order valence-electron chi connectivity index (χ0n) is 25.7. The summed E-state index contributed by atoms with van der Waals surface area (Å²) in [6, 6.07) is 13.3. The van der Waals surface area contributed by atoms with E-state index in [1.165, 1.54) is 32.6 Å². The third kappa shape index (κ3) is 9.47. The van der Waals surface area contributed by atoms with Gasteiger partial charge in [-0.05, 0) is 44.4 Å². The Bertz CT molecular complexity index is 1490. The number of nitrogens with one attached hydrogen (secondary N) is 1. The van der Waals surface area contributed by atoms with Crippen LogP contribution in [0.2, 0.25) is 0 Å². The largest absolute Gasteiger partial charge is 0.496 e. The Morgan fingerprint density at radius 1 is 1.02 bits per heavy atom. The molecular weight excluding hydrogens is 608 g/mol. The quantitative estimate of drug-likeness (QED) is 0.211. The predicted octanol–water partition coefficient (Wildman–Crippen LogP) is 2.97. The molecule has 2 aromatic carbocycles. The van der Waals surface area contributed by atoms with Crippen LogP contribution in [-0.4, -0.2) is 93.7 Å². The average Bonchev–Trinajstić information content (AvgIpc) is 3.38. The summed E-state index contributed by atoms with van der Waals surface area (Å²) >= 11 is 1.22. The van der Waals surface area contributed by atoms with E-state index in [1.54, 1.807) is 24.0 Å². The van der Waals surface area contributed by atoms with Crippen molar-refractivity contribution in [3.05, 3.63) is 74.7 Å². The van der Waals surface area contributed by atoms with Crippen molar-refractivity contribution in [1.29, 1.82) is 0 Å². The normalized spacial score (nSPS) is 11.4. The molecule has 2 amide bonds. The van der Waals surface area contributed by atoms with E-state index in [1.807, 2.05) is 42.0 Å². The monoisotopic (exact) mass is 648 g/mol. The molecule has 2 N–H and O–H groups in total. The van der Waals surface area contributed by atoms with Gasteiger partial charge in [0.25, 0.3) is 11.8 Å². The van der Waals surface area contributed by atoms with E-state index in [0.29, 0.717) is 39.9 Å². The van der Waals surface area contributed by atoms with E-state index < -0.39 is 16.1 Å². The zero-order chi connectivity index (χ0) is 32.3. The number of aliphatic hydroxyl groups is 1. The highest BCUT2D eigenvalue weighted by Gasteiger charge is 2.26. The highest BCUT2D eigenvalue weighted by Crippen LogP contribution is 2.30. The molecule has 0 spiro atoms. The number of aliphatic hydroxyl groups excluding tert-OH is 1. The van der Waals surface area contributed by atoms with Gasteiger partial charge in [0.2, 0.25) is 0 Å². The van der Waals surface area contributed by atoms with Crippen molar-refractivity contribution >= 4 is 33.4 Å². The number of likely N-dealkylation sites (N-methyl/N-ethyl adjacent to an activating group) is 1. The van der Waals surface area contributed by atoms with Gasteiger partial charge < -0.3 is 24.2 Å². The SMILES string of the molecule is COc1cc(C(=O)N(CCCc2ccccc2)Cc2nc(C(=O)NS(=O)(=O)N(C)CCOCCO)c(C)s2)cc(OC)c1C. The van der Waals surface area contributed by atoms with Crippen LogP contribution in [0.4, 0.5) is 0 Å². The molecular formula is C30H40N4O8S2. The minimum absolute atomic E-state index is 0.0153. The summed E-state index contributed by atoms with van der Waals surface area (Å²) in [5.41, 5.74) is 2.27. The zero-order valence-corrected chi connectivity index (χ0v) is 27.3. The molecule has 12 nitrogen and oxygen atoms in total. The van der Waals surface area contributed by atoms with Crippen molar-refractivity contribution in [2.45, 2.75) is 33.2 Å². The standard InChI is InChI=1S/C30H40N4O8S2/c1-21-25(40-4)18-24(19-26(21)41-5)30(37)34(13-9-12-23-10-7-6-8-11-23)20-27-31-28(22(2)43-27)29(36)32-44(38,39)33(3)14-16-42-17-15-35/h6-8,10-11,18-19,35H,9,12-17,20H2,1-5H3,(H,32,36). The molecule has 3 rings (SSSR count). The van der Waals surface area contributed by atoms with E-state index in [9.17, 15) is 18.0 Å². The first-order chi connectivity index (χ1) is 21.0. The number of ether oxygens (including phenoxy) is 3. The van der Waals surface area contributed by atoms with Gasteiger partial charge in [-0.3, -0.25) is 9.59 Å². The number of benzene rings is 2. The van der Waals surface area contributed by atoms with Crippen LogP contribution >= 0.6 is 11.3 Å². The first kappa shape index (κ1) is 34.9. The van der Waals surface area contributed by atoms with E-state index in [0.717, 1.165) is 21.9 Å². The van der Waals surface area contributed by atoms with Gasteiger partial charge in [-0.15, -0.1) is 11.3 Å². The van der Waals surface area contributed by atoms with Crippen LogP contribution in [0.25, 0.3) is 0 Å². The molecule has 0 unspecified atom stereocenters. The summed E-state index contributed by atoms with van der Waals surface area (Å²) in [5, 5.41) is 9.28. The number of aryl methyl sites for hydroxylation is 2. The molecule has 0 aliphatic rings. The Balaban J connectivity index is 1.81. The maximum Gasteiger partial charge on any atom is 0.303 e. The number of aromatic nitrogens is 1. The van der Waals surface area contributed by atoms with Crippen molar-refractivity contribution in [2.24, 2.45) is 0 Å². The molecule has 0 saturated heterocycles. The fourth-order valence-corrected chi connectivity index (χ4v) is 6.13. The highest BCUT2D eigenvalue weighted by atomic mass is 32.2. The Morgan fingerprint density at radius 3 is 2.30 bits per heavy atom. The number of hydrogen-bond donors (Lipinski definition) is 2. The number of hydrogen-bond acceptors (Lipinski definition) is 10. The second-order valence-corrected chi connectivity index (χ2v) is 13.0. The molecule has 3 aromatic rings. The Labute approximate surface area is 262 Å². The van der Waals surface area contributed by atoms with E-state index in [-0.39, 0.29) is 44.5 Å². The van der Waals surface area contributed by atoms with E-state index in [4.69, 9.17) is 19.3 Å². The summed E-state index contributed by atoms with van der Waals surface area (Å²) in [5.74, 6) is -0.0940. The van der Waals surface area contributed by atoms with E-state index >= 15 is 0 Å². The van der Waals surface area contributed by atoms with Crippen LogP contribution in [0.5, 0.6) is 11.5 Å². The number of carbonyl (C=O) groups is 2. The van der Waals surface area contributed by atoms with Gasteiger partial charge in [0, 0.05) is 36.1 Å². The fraction of sp³-hybridized carbons (Fsp3) is 0.433. The second kappa shape index (κ2) is 16.5. The molecule has 14 heteroatoms. The van der Waals surface area contributed by atoms with Crippen LogP contribution < -0.4 is 14.2 Å². The van der Waals surface area contributed by atoms with Crippen molar-refractivity contribution in [1.82, 2.24) is 18.9 Å². The van der Waals surface area contributed by atoms with Crippen molar-refractivity contribution in [3.63, 3.8) is 0 Å².